The molecule has 1 N–H and O–H groups in total. The zero-order chi connectivity index (χ0) is 18.6. The molecule has 0 bridgehead atoms. The second kappa shape index (κ2) is 7.34. The molecule has 0 aromatic heterocycles. The molecule has 27 heavy (non-hydrogen) atoms. The Morgan fingerprint density at radius 2 is 1.33 bits per heavy atom. The van der Waals surface area contributed by atoms with Crippen molar-refractivity contribution in [3.8, 4) is 16.9 Å². The van der Waals surface area contributed by atoms with Gasteiger partial charge in [-0.1, -0.05) is 66.7 Å². The van der Waals surface area contributed by atoms with Crippen LogP contribution in [0.1, 0.15) is 10.4 Å². The Bertz CT molecular complexity index is 1090. The third-order valence-corrected chi connectivity index (χ3v) is 4.56. The molecule has 3 heteroatoms. The van der Waals surface area contributed by atoms with Gasteiger partial charge < -0.3 is 10.1 Å². The van der Waals surface area contributed by atoms with E-state index in [0.29, 0.717) is 11.3 Å². The molecule has 0 spiro atoms. The van der Waals surface area contributed by atoms with Crippen LogP contribution in [-0.2, 0) is 0 Å². The van der Waals surface area contributed by atoms with Crippen LogP contribution in [-0.4, -0.2) is 13.0 Å². The lowest BCUT2D eigenvalue weighted by molar-refractivity contribution is 0.102. The van der Waals surface area contributed by atoms with E-state index in [-0.39, 0.29) is 5.91 Å². The van der Waals surface area contributed by atoms with E-state index in [2.05, 4.69) is 17.4 Å². The van der Waals surface area contributed by atoms with Crippen LogP contribution in [0.2, 0.25) is 0 Å². The third-order valence-electron chi connectivity index (χ3n) is 4.56. The number of methoxy groups -OCH3 is 1. The number of ether oxygens (including phenoxy) is 1. The van der Waals surface area contributed by atoms with E-state index in [4.69, 9.17) is 4.74 Å². The summed E-state index contributed by atoms with van der Waals surface area (Å²) < 4.78 is 5.43. The highest BCUT2D eigenvalue weighted by Gasteiger charge is 2.14. The van der Waals surface area contributed by atoms with Gasteiger partial charge in [-0.2, -0.15) is 0 Å². The molecular weight excluding hydrogens is 334 g/mol. The molecule has 0 aliphatic heterocycles. The molecule has 4 rings (SSSR count). The van der Waals surface area contributed by atoms with Gasteiger partial charge in [0, 0.05) is 5.69 Å². The molecule has 3 nitrogen and oxygen atoms in total. The van der Waals surface area contributed by atoms with Crippen LogP contribution in [0, 0.1) is 0 Å². The Labute approximate surface area is 158 Å². The molecule has 4 aromatic rings. The Kier molecular flexibility index (Phi) is 4.58. The van der Waals surface area contributed by atoms with E-state index in [1.807, 2.05) is 78.9 Å². The van der Waals surface area contributed by atoms with Crippen LogP contribution in [0.15, 0.2) is 91.0 Å². The molecule has 0 unspecified atom stereocenters. The minimum Gasteiger partial charge on any atom is -0.496 e. The lowest BCUT2D eigenvalue weighted by Crippen LogP contribution is -2.13. The molecule has 0 saturated heterocycles. The topological polar surface area (TPSA) is 38.3 Å². The van der Waals surface area contributed by atoms with Gasteiger partial charge in [0.15, 0.2) is 0 Å². The summed E-state index contributed by atoms with van der Waals surface area (Å²) in [4.78, 5) is 12.8. The summed E-state index contributed by atoms with van der Waals surface area (Å²) in [5, 5.41) is 5.00. The number of benzene rings is 4. The van der Waals surface area contributed by atoms with Gasteiger partial charge in [-0.3, -0.25) is 4.79 Å². The third kappa shape index (κ3) is 3.53. The summed E-state index contributed by atoms with van der Waals surface area (Å²) in [6.45, 7) is 0. The number of carbonyl (C=O) groups is 1. The highest BCUT2D eigenvalue weighted by molar-refractivity contribution is 6.08. The summed E-state index contributed by atoms with van der Waals surface area (Å²) in [6.07, 6.45) is 0. The van der Waals surface area contributed by atoms with Crippen LogP contribution in [0.4, 0.5) is 5.69 Å². The van der Waals surface area contributed by atoms with Crippen molar-refractivity contribution < 1.29 is 9.53 Å². The minimum atomic E-state index is -0.190. The number of anilines is 1. The van der Waals surface area contributed by atoms with Gasteiger partial charge in [0.1, 0.15) is 5.75 Å². The monoisotopic (exact) mass is 353 g/mol. The van der Waals surface area contributed by atoms with E-state index in [9.17, 15) is 4.79 Å². The maximum atomic E-state index is 12.8. The lowest BCUT2D eigenvalue weighted by Gasteiger charge is -2.11. The highest BCUT2D eigenvalue weighted by Crippen LogP contribution is 2.27. The number of hydrogen-bond acceptors (Lipinski definition) is 2. The fourth-order valence-corrected chi connectivity index (χ4v) is 3.14. The van der Waals surface area contributed by atoms with Crippen molar-refractivity contribution in [1.29, 1.82) is 0 Å². The van der Waals surface area contributed by atoms with E-state index in [0.717, 1.165) is 27.6 Å². The fourth-order valence-electron chi connectivity index (χ4n) is 3.14. The van der Waals surface area contributed by atoms with Crippen LogP contribution in [0.3, 0.4) is 0 Å². The number of hydrogen-bond donors (Lipinski definition) is 1. The zero-order valence-electron chi connectivity index (χ0n) is 15.0. The molecule has 0 heterocycles. The van der Waals surface area contributed by atoms with Gasteiger partial charge in [-0.25, -0.2) is 0 Å². The van der Waals surface area contributed by atoms with E-state index in [1.54, 1.807) is 7.11 Å². The lowest BCUT2D eigenvalue weighted by atomic mass is 10.0. The molecule has 0 aliphatic carbocycles. The predicted molar refractivity (Wildman–Crippen MR) is 110 cm³/mol. The fraction of sp³-hybridized carbons (Fsp3) is 0.0417. The van der Waals surface area contributed by atoms with Crippen LogP contribution >= 0.6 is 0 Å². The average molecular weight is 353 g/mol. The minimum absolute atomic E-state index is 0.190. The quantitative estimate of drug-likeness (QED) is 0.506. The molecule has 1 amide bonds. The number of fused-ring (bicyclic) bond motifs is 1. The molecule has 0 radical (unpaired) electrons. The van der Waals surface area contributed by atoms with Crippen LogP contribution < -0.4 is 10.1 Å². The van der Waals surface area contributed by atoms with Gasteiger partial charge >= 0.3 is 0 Å². The van der Waals surface area contributed by atoms with Crippen molar-refractivity contribution in [2.45, 2.75) is 0 Å². The predicted octanol–water partition coefficient (Wildman–Crippen LogP) is 5.77. The number of carbonyl (C=O) groups excluding carboxylic acids is 1. The summed E-state index contributed by atoms with van der Waals surface area (Å²) in [5.41, 5.74) is 3.52. The molecule has 4 aromatic carbocycles. The van der Waals surface area contributed by atoms with Crippen molar-refractivity contribution in [3.05, 3.63) is 96.6 Å². The van der Waals surface area contributed by atoms with Crippen LogP contribution in [0.25, 0.3) is 21.9 Å². The molecule has 132 valence electrons. The average Bonchev–Trinajstić information content (AvgIpc) is 2.74. The van der Waals surface area contributed by atoms with Crippen molar-refractivity contribution >= 4 is 22.4 Å². The first-order chi connectivity index (χ1) is 13.2. The van der Waals surface area contributed by atoms with E-state index < -0.39 is 0 Å². The largest absolute Gasteiger partial charge is 0.496 e. The Hall–Kier alpha value is -3.59. The first-order valence-electron chi connectivity index (χ1n) is 8.78. The van der Waals surface area contributed by atoms with Gasteiger partial charge in [-0.15, -0.1) is 0 Å². The van der Waals surface area contributed by atoms with Gasteiger partial charge in [-0.05, 0) is 46.2 Å². The normalized spacial score (nSPS) is 10.6. The molecular formula is C24H19NO2. The Morgan fingerprint density at radius 1 is 0.741 bits per heavy atom. The van der Waals surface area contributed by atoms with Gasteiger partial charge in [0.25, 0.3) is 5.91 Å². The van der Waals surface area contributed by atoms with Crippen LogP contribution in [0.5, 0.6) is 5.75 Å². The summed E-state index contributed by atoms with van der Waals surface area (Å²) in [6, 6.07) is 29.6. The standard InChI is InChI=1S/C24H19NO2/c1-27-23-16-20-10-6-5-9-19(20)15-22(23)24(26)25-21-13-11-18(12-14-21)17-7-3-2-4-8-17/h2-16H,1H3,(H,25,26). The molecule has 0 saturated carbocycles. The number of nitrogens with one attached hydrogen (secondary N) is 1. The van der Waals surface area contributed by atoms with Gasteiger partial charge in [0.05, 0.1) is 12.7 Å². The van der Waals surface area contributed by atoms with Crippen molar-refractivity contribution in [1.82, 2.24) is 0 Å². The van der Waals surface area contributed by atoms with Crippen molar-refractivity contribution in [3.63, 3.8) is 0 Å². The van der Waals surface area contributed by atoms with E-state index in [1.165, 1.54) is 0 Å². The van der Waals surface area contributed by atoms with E-state index >= 15 is 0 Å². The first kappa shape index (κ1) is 16.9. The SMILES string of the molecule is COc1cc2ccccc2cc1C(=O)Nc1ccc(-c2ccccc2)cc1. The summed E-state index contributed by atoms with van der Waals surface area (Å²) >= 11 is 0. The molecule has 0 aliphatic rings. The second-order valence-corrected chi connectivity index (χ2v) is 6.30. The highest BCUT2D eigenvalue weighted by atomic mass is 16.5. The molecule has 0 fully saturated rings. The first-order valence-corrected chi connectivity index (χ1v) is 8.78. The molecule has 0 atom stereocenters. The zero-order valence-corrected chi connectivity index (χ0v) is 15.0. The smallest absolute Gasteiger partial charge is 0.259 e. The van der Waals surface area contributed by atoms with Gasteiger partial charge in [0.2, 0.25) is 0 Å². The summed E-state index contributed by atoms with van der Waals surface area (Å²) in [7, 11) is 1.58. The summed E-state index contributed by atoms with van der Waals surface area (Å²) in [5.74, 6) is 0.372. The maximum absolute atomic E-state index is 12.8. The number of amides is 1. The Balaban J connectivity index is 1.59. The maximum Gasteiger partial charge on any atom is 0.259 e. The van der Waals surface area contributed by atoms with Crippen molar-refractivity contribution in [2.24, 2.45) is 0 Å². The second-order valence-electron chi connectivity index (χ2n) is 6.30. The van der Waals surface area contributed by atoms with Crippen molar-refractivity contribution in [2.75, 3.05) is 12.4 Å². The number of rotatable bonds is 4. The Morgan fingerprint density at radius 3 is 2.00 bits per heavy atom.